The van der Waals surface area contributed by atoms with Crippen LogP contribution in [0.25, 0.3) is 0 Å². The Morgan fingerprint density at radius 3 is 1.97 bits per heavy atom. The van der Waals surface area contributed by atoms with Crippen LogP contribution in [0, 0.1) is 0 Å². The predicted octanol–water partition coefficient (Wildman–Crippen LogP) is 3.16. The molecular formula is C23H26N2O7. The van der Waals surface area contributed by atoms with E-state index >= 15 is 0 Å². The number of hydrogen-bond donors (Lipinski definition) is 2. The van der Waals surface area contributed by atoms with Gasteiger partial charge in [-0.15, -0.1) is 0 Å². The third-order valence-corrected chi connectivity index (χ3v) is 4.14. The Labute approximate surface area is 186 Å². The molecule has 0 aromatic heterocycles. The quantitative estimate of drug-likeness (QED) is 0.513. The molecule has 32 heavy (non-hydrogen) atoms. The van der Waals surface area contributed by atoms with E-state index < -0.39 is 30.4 Å². The summed E-state index contributed by atoms with van der Waals surface area (Å²) in [6.07, 6.45) is 0.442. The van der Waals surface area contributed by atoms with Crippen LogP contribution in [0.1, 0.15) is 36.5 Å². The molecule has 0 spiro atoms. The fourth-order valence-electron chi connectivity index (χ4n) is 2.50. The number of carbonyl (C=O) groups is 4. The first-order valence-electron chi connectivity index (χ1n) is 10.1. The molecule has 0 unspecified atom stereocenters. The van der Waals surface area contributed by atoms with Gasteiger partial charge in [-0.05, 0) is 55.0 Å². The van der Waals surface area contributed by atoms with Crippen LogP contribution >= 0.6 is 0 Å². The number of carbonyl (C=O) groups excluding carboxylic acids is 4. The molecule has 0 atom stereocenters. The number of nitrogens with one attached hydrogen (secondary N) is 2. The number of rotatable bonds is 11. The van der Waals surface area contributed by atoms with E-state index in [0.717, 1.165) is 6.42 Å². The third-order valence-electron chi connectivity index (χ3n) is 4.14. The molecular weight excluding hydrogens is 416 g/mol. The van der Waals surface area contributed by atoms with Gasteiger partial charge in [-0.2, -0.15) is 0 Å². The molecule has 170 valence electrons. The predicted molar refractivity (Wildman–Crippen MR) is 117 cm³/mol. The van der Waals surface area contributed by atoms with Crippen molar-refractivity contribution in [1.82, 2.24) is 0 Å². The first-order valence-corrected chi connectivity index (χ1v) is 10.1. The van der Waals surface area contributed by atoms with Crippen LogP contribution in [-0.4, -0.2) is 44.1 Å². The van der Waals surface area contributed by atoms with Crippen LogP contribution in [-0.2, 0) is 23.9 Å². The highest BCUT2D eigenvalue weighted by Crippen LogP contribution is 2.15. The average Bonchev–Trinajstić information content (AvgIpc) is 2.80. The Hall–Kier alpha value is -3.88. The molecule has 2 amide bonds. The summed E-state index contributed by atoms with van der Waals surface area (Å²) in [5.74, 6) is -1.34. The Balaban J connectivity index is 1.68. The van der Waals surface area contributed by atoms with Crippen molar-refractivity contribution in [2.75, 3.05) is 31.0 Å². The Kier molecular flexibility index (Phi) is 9.70. The fraction of sp³-hybridized carbons (Fsp3) is 0.304. The summed E-state index contributed by atoms with van der Waals surface area (Å²) in [5.41, 5.74) is 1.40. The van der Waals surface area contributed by atoms with Crippen LogP contribution in [0.3, 0.4) is 0 Å². The average molecular weight is 442 g/mol. The van der Waals surface area contributed by atoms with E-state index in [-0.39, 0.29) is 12.8 Å². The van der Waals surface area contributed by atoms with E-state index in [1.165, 1.54) is 7.11 Å². The van der Waals surface area contributed by atoms with Crippen LogP contribution in [0.15, 0.2) is 48.5 Å². The largest absolute Gasteiger partial charge is 0.497 e. The standard InChI is InChI=1S/C23H26N2O7/c1-3-14-31-23(29)16-4-6-17(7-5-16)24-20(26)12-13-22(28)32-15-21(27)25-18-8-10-19(30-2)11-9-18/h4-11H,3,12-15H2,1-2H3,(H,24,26)(H,25,27). The molecule has 0 radical (unpaired) electrons. The lowest BCUT2D eigenvalue weighted by Crippen LogP contribution is -2.21. The van der Waals surface area contributed by atoms with E-state index in [0.29, 0.717) is 29.3 Å². The normalized spacial score (nSPS) is 10.1. The van der Waals surface area contributed by atoms with Crippen molar-refractivity contribution in [2.24, 2.45) is 0 Å². The molecule has 0 fully saturated rings. The summed E-state index contributed by atoms with van der Waals surface area (Å²) in [6, 6.07) is 12.9. The maximum Gasteiger partial charge on any atom is 0.338 e. The molecule has 0 saturated carbocycles. The maximum absolute atomic E-state index is 12.0. The van der Waals surface area contributed by atoms with E-state index in [9.17, 15) is 19.2 Å². The van der Waals surface area contributed by atoms with Gasteiger partial charge >= 0.3 is 11.9 Å². The lowest BCUT2D eigenvalue weighted by atomic mass is 10.2. The zero-order valence-electron chi connectivity index (χ0n) is 18.0. The van der Waals surface area contributed by atoms with Crippen molar-refractivity contribution < 1.29 is 33.4 Å². The SMILES string of the molecule is CCCOC(=O)c1ccc(NC(=O)CCC(=O)OCC(=O)Nc2ccc(OC)cc2)cc1. The van der Waals surface area contributed by atoms with Crippen LogP contribution in [0.4, 0.5) is 11.4 Å². The molecule has 0 aliphatic heterocycles. The van der Waals surface area contributed by atoms with Crippen LogP contribution in [0.5, 0.6) is 5.75 Å². The summed E-state index contributed by atoms with van der Waals surface area (Å²) < 4.78 is 15.0. The topological polar surface area (TPSA) is 120 Å². The van der Waals surface area contributed by atoms with Gasteiger partial charge in [-0.3, -0.25) is 14.4 Å². The van der Waals surface area contributed by atoms with Gasteiger partial charge in [0.25, 0.3) is 5.91 Å². The molecule has 2 aromatic rings. The first-order chi connectivity index (χ1) is 15.4. The number of ether oxygens (including phenoxy) is 3. The van der Waals surface area contributed by atoms with Gasteiger partial charge in [0.1, 0.15) is 5.75 Å². The molecule has 0 saturated heterocycles. The van der Waals surface area contributed by atoms with Crippen molar-refractivity contribution in [1.29, 1.82) is 0 Å². The molecule has 2 N–H and O–H groups in total. The van der Waals surface area contributed by atoms with E-state index in [2.05, 4.69) is 10.6 Å². The zero-order chi connectivity index (χ0) is 23.3. The molecule has 0 bridgehead atoms. The number of benzene rings is 2. The van der Waals surface area contributed by atoms with E-state index in [4.69, 9.17) is 14.2 Å². The Morgan fingerprint density at radius 1 is 0.781 bits per heavy atom. The van der Waals surface area contributed by atoms with Gasteiger partial charge < -0.3 is 24.8 Å². The summed E-state index contributed by atoms with van der Waals surface area (Å²) in [4.78, 5) is 47.4. The second kappa shape index (κ2) is 12.7. The Morgan fingerprint density at radius 2 is 1.38 bits per heavy atom. The van der Waals surface area contributed by atoms with Crippen LogP contribution < -0.4 is 15.4 Å². The van der Waals surface area contributed by atoms with Gasteiger partial charge in [-0.1, -0.05) is 6.92 Å². The van der Waals surface area contributed by atoms with Crippen LogP contribution in [0.2, 0.25) is 0 Å². The van der Waals surface area contributed by atoms with E-state index in [1.54, 1.807) is 48.5 Å². The van der Waals surface area contributed by atoms with Crippen molar-refractivity contribution in [3.05, 3.63) is 54.1 Å². The highest BCUT2D eigenvalue weighted by atomic mass is 16.5. The van der Waals surface area contributed by atoms with Gasteiger partial charge in [0.2, 0.25) is 5.91 Å². The molecule has 0 heterocycles. The minimum absolute atomic E-state index is 0.112. The number of methoxy groups -OCH3 is 1. The maximum atomic E-state index is 12.0. The molecule has 2 aromatic carbocycles. The lowest BCUT2D eigenvalue weighted by molar-refractivity contribution is -0.147. The summed E-state index contributed by atoms with van der Waals surface area (Å²) in [5, 5.41) is 5.21. The second-order valence-corrected chi connectivity index (χ2v) is 6.70. The summed E-state index contributed by atoms with van der Waals surface area (Å²) >= 11 is 0. The summed E-state index contributed by atoms with van der Waals surface area (Å²) in [7, 11) is 1.54. The second-order valence-electron chi connectivity index (χ2n) is 6.70. The Bertz CT molecular complexity index is 924. The molecule has 2 rings (SSSR count). The molecule has 0 aliphatic carbocycles. The minimum atomic E-state index is -0.668. The summed E-state index contributed by atoms with van der Waals surface area (Å²) in [6.45, 7) is 1.79. The monoisotopic (exact) mass is 442 g/mol. The lowest BCUT2D eigenvalue weighted by Gasteiger charge is -2.08. The molecule has 9 nitrogen and oxygen atoms in total. The number of esters is 2. The highest BCUT2D eigenvalue weighted by molar-refractivity contribution is 5.95. The number of hydrogen-bond acceptors (Lipinski definition) is 7. The van der Waals surface area contributed by atoms with Crippen molar-refractivity contribution >= 4 is 35.1 Å². The van der Waals surface area contributed by atoms with Crippen molar-refractivity contribution in [3.63, 3.8) is 0 Å². The first kappa shape index (κ1) is 24.4. The smallest absolute Gasteiger partial charge is 0.338 e. The highest BCUT2D eigenvalue weighted by Gasteiger charge is 2.12. The van der Waals surface area contributed by atoms with Crippen molar-refractivity contribution in [2.45, 2.75) is 26.2 Å². The number of amides is 2. The molecule has 0 aliphatic rings. The number of anilines is 2. The minimum Gasteiger partial charge on any atom is -0.497 e. The van der Waals surface area contributed by atoms with Crippen molar-refractivity contribution in [3.8, 4) is 5.75 Å². The van der Waals surface area contributed by atoms with E-state index in [1.807, 2.05) is 6.92 Å². The van der Waals surface area contributed by atoms with Gasteiger partial charge in [0.05, 0.1) is 25.7 Å². The van der Waals surface area contributed by atoms with Gasteiger partial charge in [0, 0.05) is 17.8 Å². The van der Waals surface area contributed by atoms with Gasteiger partial charge in [0.15, 0.2) is 6.61 Å². The zero-order valence-corrected chi connectivity index (χ0v) is 18.0. The third kappa shape index (κ3) is 8.47. The van der Waals surface area contributed by atoms with Gasteiger partial charge in [-0.25, -0.2) is 4.79 Å². The molecule has 9 heteroatoms. The fourth-order valence-corrected chi connectivity index (χ4v) is 2.50.